The molecule has 2 rings (SSSR count). The Balaban J connectivity index is 2.40. The van der Waals surface area contributed by atoms with Crippen LogP contribution in [0.4, 0.5) is 5.69 Å². The first kappa shape index (κ1) is 13.6. The van der Waals surface area contributed by atoms with E-state index in [4.69, 9.17) is 0 Å². The van der Waals surface area contributed by atoms with Gasteiger partial charge in [-0.1, -0.05) is 31.5 Å². The molecule has 19 heavy (non-hydrogen) atoms. The molecule has 0 radical (unpaired) electrons. The van der Waals surface area contributed by atoms with Crippen molar-refractivity contribution in [2.75, 3.05) is 11.4 Å². The van der Waals surface area contributed by atoms with Crippen molar-refractivity contribution in [2.24, 2.45) is 0 Å². The van der Waals surface area contributed by atoms with E-state index in [1.807, 2.05) is 30.0 Å². The first-order valence-corrected chi connectivity index (χ1v) is 6.74. The maximum absolute atomic E-state index is 12.5. The van der Waals surface area contributed by atoms with Crippen LogP contribution in [0, 0.1) is 6.92 Å². The number of rotatable bonds is 4. The zero-order valence-electron chi connectivity index (χ0n) is 11.7. The van der Waals surface area contributed by atoms with Gasteiger partial charge in [0.15, 0.2) is 0 Å². The Morgan fingerprint density at radius 2 is 2.16 bits per heavy atom. The fourth-order valence-electron chi connectivity index (χ4n) is 2.56. The number of anilines is 1. The summed E-state index contributed by atoms with van der Waals surface area (Å²) in [5.41, 5.74) is 2.96. The Hall–Kier alpha value is -1.84. The summed E-state index contributed by atoms with van der Waals surface area (Å²) in [6.45, 7) is 6.26. The molecule has 4 heteroatoms. The summed E-state index contributed by atoms with van der Waals surface area (Å²) in [5.74, 6) is -0.198. The van der Waals surface area contributed by atoms with Crippen molar-refractivity contribution in [2.45, 2.75) is 39.7 Å². The first-order chi connectivity index (χ1) is 9.06. The number of fused-ring (bicyclic) bond motifs is 1. The van der Waals surface area contributed by atoms with E-state index < -0.39 is 6.04 Å². The lowest BCUT2D eigenvalue weighted by Gasteiger charge is -2.19. The zero-order chi connectivity index (χ0) is 14.0. The number of nitrogens with zero attached hydrogens (tertiary/aromatic N) is 1. The minimum atomic E-state index is -0.524. The number of para-hydroxylation sites is 1. The van der Waals surface area contributed by atoms with E-state index in [1.54, 1.807) is 0 Å². The van der Waals surface area contributed by atoms with Crippen molar-refractivity contribution in [1.82, 2.24) is 5.32 Å². The summed E-state index contributed by atoms with van der Waals surface area (Å²) < 4.78 is 0. The zero-order valence-corrected chi connectivity index (χ0v) is 11.7. The Kier molecular flexibility index (Phi) is 3.88. The molecule has 0 saturated heterocycles. The third-order valence-electron chi connectivity index (χ3n) is 3.45. The average Bonchev–Trinajstić information content (AvgIpc) is 2.62. The van der Waals surface area contributed by atoms with E-state index in [0.29, 0.717) is 6.54 Å². The molecule has 0 spiro atoms. The van der Waals surface area contributed by atoms with Crippen molar-refractivity contribution < 1.29 is 9.59 Å². The third kappa shape index (κ3) is 2.48. The number of carbonyl (C=O) groups is 2. The van der Waals surface area contributed by atoms with Crippen LogP contribution < -0.4 is 10.2 Å². The number of carbonyl (C=O) groups excluding carboxylic acids is 2. The lowest BCUT2D eigenvalue weighted by Crippen LogP contribution is -2.37. The van der Waals surface area contributed by atoms with E-state index in [1.165, 1.54) is 6.92 Å². The van der Waals surface area contributed by atoms with Gasteiger partial charge < -0.3 is 10.2 Å². The Morgan fingerprint density at radius 3 is 2.79 bits per heavy atom. The van der Waals surface area contributed by atoms with E-state index in [0.717, 1.165) is 29.7 Å². The second kappa shape index (κ2) is 5.43. The number of hydrogen-bond donors (Lipinski definition) is 1. The highest BCUT2D eigenvalue weighted by Crippen LogP contribution is 2.38. The maximum atomic E-state index is 12.5. The normalized spacial score (nSPS) is 17.5. The van der Waals surface area contributed by atoms with Crippen LogP contribution in [-0.2, 0) is 9.59 Å². The van der Waals surface area contributed by atoms with Crippen LogP contribution in [0.5, 0.6) is 0 Å². The molecular formula is C15H20N2O2. The van der Waals surface area contributed by atoms with Gasteiger partial charge in [0.05, 0.1) is 5.69 Å². The molecule has 0 saturated carbocycles. The molecule has 0 bridgehead atoms. The van der Waals surface area contributed by atoms with E-state index in [9.17, 15) is 9.59 Å². The molecule has 1 aromatic rings. The quantitative estimate of drug-likeness (QED) is 0.903. The average molecular weight is 260 g/mol. The molecule has 0 aliphatic carbocycles. The van der Waals surface area contributed by atoms with Crippen molar-refractivity contribution in [3.63, 3.8) is 0 Å². The Labute approximate surface area is 113 Å². The molecule has 1 heterocycles. The Morgan fingerprint density at radius 1 is 1.42 bits per heavy atom. The van der Waals surface area contributed by atoms with Gasteiger partial charge in [-0.3, -0.25) is 9.59 Å². The number of nitrogens with one attached hydrogen (secondary N) is 1. The number of aryl methyl sites for hydroxylation is 1. The Bertz CT molecular complexity index is 511. The highest BCUT2D eigenvalue weighted by atomic mass is 16.2. The van der Waals surface area contributed by atoms with Crippen molar-refractivity contribution in [3.8, 4) is 0 Å². The molecule has 0 unspecified atom stereocenters. The second-order valence-electron chi connectivity index (χ2n) is 4.99. The summed E-state index contributed by atoms with van der Waals surface area (Å²) in [5, 5.41) is 2.75. The predicted octanol–water partition coefficient (Wildman–Crippen LogP) is 2.32. The molecule has 0 fully saturated rings. The summed E-state index contributed by atoms with van der Waals surface area (Å²) in [6, 6.07) is 5.33. The summed E-state index contributed by atoms with van der Waals surface area (Å²) >= 11 is 0. The molecule has 4 nitrogen and oxygen atoms in total. The highest BCUT2D eigenvalue weighted by Gasteiger charge is 2.38. The summed E-state index contributed by atoms with van der Waals surface area (Å²) in [4.78, 5) is 25.6. The molecule has 1 aliphatic heterocycles. The standard InChI is InChI=1S/C15H20N2O2/c1-4-5-9-17-14-10(2)7-6-8-12(14)13(15(17)19)16-11(3)18/h6-8,13H,4-5,9H2,1-3H3,(H,16,18)/t13-/m0/s1. The van der Waals surface area contributed by atoms with Crippen LogP contribution in [0.25, 0.3) is 0 Å². The second-order valence-corrected chi connectivity index (χ2v) is 4.99. The summed E-state index contributed by atoms with van der Waals surface area (Å²) in [6.07, 6.45) is 2.00. The third-order valence-corrected chi connectivity index (χ3v) is 3.45. The van der Waals surface area contributed by atoms with E-state index in [2.05, 4.69) is 12.2 Å². The van der Waals surface area contributed by atoms with Crippen LogP contribution in [-0.4, -0.2) is 18.4 Å². The molecule has 1 atom stereocenters. The fraction of sp³-hybridized carbons (Fsp3) is 0.467. The largest absolute Gasteiger partial charge is 0.341 e. The minimum absolute atomic E-state index is 0.0204. The van der Waals surface area contributed by atoms with Crippen LogP contribution in [0.3, 0.4) is 0 Å². The molecule has 1 aliphatic rings. The molecule has 2 amide bonds. The number of benzene rings is 1. The number of hydrogen-bond acceptors (Lipinski definition) is 2. The lowest BCUT2D eigenvalue weighted by atomic mass is 10.1. The van der Waals surface area contributed by atoms with Crippen LogP contribution in [0.2, 0.25) is 0 Å². The summed E-state index contributed by atoms with van der Waals surface area (Å²) in [7, 11) is 0. The van der Waals surface area contributed by atoms with Gasteiger partial charge in [0, 0.05) is 19.0 Å². The van der Waals surface area contributed by atoms with Gasteiger partial charge in [0.1, 0.15) is 6.04 Å². The molecule has 1 N–H and O–H groups in total. The molecular weight excluding hydrogens is 240 g/mol. The van der Waals surface area contributed by atoms with Gasteiger partial charge in [-0.05, 0) is 18.9 Å². The number of amides is 2. The highest BCUT2D eigenvalue weighted by molar-refractivity contribution is 6.06. The van der Waals surface area contributed by atoms with Gasteiger partial charge in [-0.15, -0.1) is 0 Å². The van der Waals surface area contributed by atoms with Gasteiger partial charge in [-0.2, -0.15) is 0 Å². The van der Waals surface area contributed by atoms with Gasteiger partial charge >= 0.3 is 0 Å². The van der Waals surface area contributed by atoms with Gasteiger partial charge in [-0.25, -0.2) is 0 Å². The lowest BCUT2D eigenvalue weighted by molar-refractivity contribution is -0.126. The fourth-order valence-corrected chi connectivity index (χ4v) is 2.56. The SMILES string of the molecule is CCCCN1C(=O)[C@@H](NC(C)=O)c2cccc(C)c21. The van der Waals surface area contributed by atoms with Crippen molar-refractivity contribution >= 4 is 17.5 Å². The smallest absolute Gasteiger partial charge is 0.254 e. The maximum Gasteiger partial charge on any atom is 0.254 e. The first-order valence-electron chi connectivity index (χ1n) is 6.74. The van der Waals surface area contributed by atoms with Crippen molar-refractivity contribution in [1.29, 1.82) is 0 Å². The topological polar surface area (TPSA) is 49.4 Å². The molecule has 1 aromatic carbocycles. The predicted molar refractivity (Wildman–Crippen MR) is 75.0 cm³/mol. The van der Waals surface area contributed by atoms with E-state index in [-0.39, 0.29) is 11.8 Å². The number of unbranched alkanes of at least 4 members (excludes halogenated alkanes) is 1. The van der Waals surface area contributed by atoms with Crippen LogP contribution in [0.15, 0.2) is 18.2 Å². The van der Waals surface area contributed by atoms with Crippen LogP contribution >= 0.6 is 0 Å². The van der Waals surface area contributed by atoms with Gasteiger partial charge in [0.2, 0.25) is 5.91 Å². The minimum Gasteiger partial charge on any atom is -0.341 e. The molecule has 0 aromatic heterocycles. The van der Waals surface area contributed by atoms with E-state index >= 15 is 0 Å². The molecule has 102 valence electrons. The van der Waals surface area contributed by atoms with Crippen molar-refractivity contribution in [3.05, 3.63) is 29.3 Å². The van der Waals surface area contributed by atoms with Crippen LogP contribution in [0.1, 0.15) is 43.9 Å². The van der Waals surface area contributed by atoms with Gasteiger partial charge in [0.25, 0.3) is 5.91 Å². The monoisotopic (exact) mass is 260 g/mol.